The molecule has 2 heteroatoms. The van der Waals surface area contributed by atoms with Crippen molar-refractivity contribution in [3.8, 4) is 0 Å². The Bertz CT molecular complexity index is 33.5. The Hall–Kier alpha value is 0.492. The lowest BCUT2D eigenvalue weighted by Crippen LogP contribution is -1.94. The molecule has 0 aromatic carbocycles. The van der Waals surface area contributed by atoms with Crippen LogP contribution in [0.15, 0.2) is 0 Å². The molecule has 0 saturated carbocycles. The van der Waals surface area contributed by atoms with E-state index < -0.39 is 0 Å². The summed E-state index contributed by atoms with van der Waals surface area (Å²) in [6.45, 7) is 3.19. The van der Waals surface area contributed by atoms with Crippen molar-refractivity contribution in [3.63, 3.8) is 0 Å². The number of rotatable bonds is 5. The molecule has 0 aliphatic carbocycles. The van der Waals surface area contributed by atoms with Gasteiger partial charge < -0.3 is 3.79 Å². The predicted molar refractivity (Wildman–Crippen MR) is 37.1 cm³/mol. The second-order valence-corrected chi connectivity index (χ2v) is 2.62. The lowest BCUT2D eigenvalue weighted by molar-refractivity contribution is 0.325. The van der Waals surface area contributed by atoms with Gasteiger partial charge in [-0.25, -0.2) is 0 Å². The molecule has 0 rings (SSSR count). The van der Waals surface area contributed by atoms with E-state index in [1.807, 2.05) is 0 Å². The van der Waals surface area contributed by atoms with Crippen LogP contribution in [0.5, 0.6) is 0 Å². The van der Waals surface area contributed by atoms with Crippen molar-refractivity contribution in [1.29, 1.82) is 0 Å². The largest absolute Gasteiger partial charge is 0.507 e. The van der Waals surface area contributed by atoms with Crippen molar-refractivity contribution in [2.45, 2.75) is 32.0 Å². The maximum Gasteiger partial charge on any atom is 0.419 e. The van der Waals surface area contributed by atoms with Crippen molar-refractivity contribution in [3.05, 3.63) is 0 Å². The minimum absolute atomic E-state index is 0.278. The molecule has 0 heterocycles. The van der Waals surface area contributed by atoms with Crippen molar-refractivity contribution in [1.82, 2.24) is 0 Å². The summed E-state index contributed by atoms with van der Waals surface area (Å²) in [7, 11) is 0. The molecular weight excluding hydrogens is 115 g/mol. The zero-order chi connectivity index (χ0) is 6.24. The van der Waals surface area contributed by atoms with Crippen LogP contribution in [0.3, 0.4) is 0 Å². The van der Waals surface area contributed by atoms with Gasteiger partial charge in [0.25, 0.3) is 0 Å². The molecule has 0 saturated heterocycles. The van der Waals surface area contributed by atoms with Crippen LogP contribution in [0.2, 0.25) is 5.79 Å². The fraction of sp³-hybridized carbons (Fsp3) is 1.00. The second-order valence-electron chi connectivity index (χ2n) is 1.81. The smallest absolute Gasteiger partial charge is 0.419 e. The summed E-state index contributed by atoms with van der Waals surface area (Å²) in [5.41, 5.74) is 0. The normalized spacial score (nSPS) is 9.25. The third-order valence-electron chi connectivity index (χ3n) is 1.03. The van der Waals surface area contributed by atoms with Gasteiger partial charge in [0.2, 0.25) is 0 Å². The molecular formula is C6H14AlO. The van der Waals surface area contributed by atoms with Gasteiger partial charge in [-0.1, -0.05) is 25.6 Å². The van der Waals surface area contributed by atoms with Crippen molar-refractivity contribution in [2.75, 3.05) is 6.61 Å². The first-order valence-electron chi connectivity index (χ1n) is 3.31. The maximum absolute atomic E-state index is 5.22. The molecule has 0 amide bonds. The lowest BCUT2D eigenvalue weighted by Gasteiger charge is -1.97. The van der Waals surface area contributed by atoms with E-state index in [-0.39, 0.29) is 15.6 Å². The van der Waals surface area contributed by atoms with Gasteiger partial charge in [0.05, 0.1) is 0 Å². The molecule has 0 fully saturated rings. The molecule has 8 heavy (non-hydrogen) atoms. The fourth-order valence-corrected chi connectivity index (χ4v) is 0.956. The van der Waals surface area contributed by atoms with Crippen LogP contribution >= 0.6 is 0 Å². The van der Waals surface area contributed by atoms with Crippen molar-refractivity contribution >= 4 is 15.6 Å². The van der Waals surface area contributed by atoms with Gasteiger partial charge in [-0.15, -0.1) is 0 Å². The standard InChI is InChI=1S/C5H11O.CH3.Al/c1-2-3-4-5-6;;/h2-5H2,1H3;1H3;/q-1;;+1. The molecule has 0 bridgehead atoms. The first-order valence-corrected chi connectivity index (χ1v) is 4.93. The Balaban J connectivity index is 2.53. The summed E-state index contributed by atoms with van der Waals surface area (Å²) in [4.78, 5) is 0. The minimum Gasteiger partial charge on any atom is -0.507 e. The minimum atomic E-state index is 0.278. The highest BCUT2D eigenvalue weighted by molar-refractivity contribution is 6.24. The third kappa shape index (κ3) is 6.49. The summed E-state index contributed by atoms with van der Waals surface area (Å²) >= 11 is 0.278. The summed E-state index contributed by atoms with van der Waals surface area (Å²) in [6.07, 6.45) is 3.86. The molecule has 0 atom stereocenters. The van der Waals surface area contributed by atoms with Crippen LogP contribution in [0.1, 0.15) is 26.2 Å². The molecule has 0 spiro atoms. The number of hydrogen-bond donors (Lipinski definition) is 0. The highest BCUT2D eigenvalue weighted by Crippen LogP contribution is 1.92. The monoisotopic (exact) mass is 129 g/mol. The third-order valence-corrected chi connectivity index (χ3v) is 1.60. The van der Waals surface area contributed by atoms with Crippen molar-refractivity contribution in [2.24, 2.45) is 0 Å². The van der Waals surface area contributed by atoms with E-state index in [9.17, 15) is 0 Å². The first-order chi connectivity index (χ1) is 3.91. The molecule has 1 nitrogen and oxygen atoms in total. The Labute approximate surface area is 58.5 Å². The van der Waals surface area contributed by atoms with Gasteiger partial charge in [-0.05, 0) is 6.42 Å². The highest BCUT2D eigenvalue weighted by atomic mass is 27.1. The maximum atomic E-state index is 5.22. The zero-order valence-electron chi connectivity index (χ0n) is 5.81. The van der Waals surface area contributed by atoms with Crippen LogP contribution in [0.25, 0.3) is 0 Å². The molecule has 0 aromatic heterocycles. The number of unbranched alkanes of at least 4 members (excludes halogenated alkanes) is 2. The molecule has 0 N–H and O–H groups in total. The molecule has 1 radical (unpaired) electrons. The van der Waals surface area contributed by atoms with Gasteiger partial charge in [0.1, 0.15) is 0 Å². The van der Waals surface area contributed by atoms with E-state index in [1.165, 1.54) is 19.3 Å². The van der Waals surface area contributed by atoms with Crippen LogP contribution in [0, 0.1) is 0 Å². The Morgan fingerprint density at radius 2 is 2.12 bits per heavy atom. The summed E-state index contributed by atoms with van der Waals surface area (Å²) < 4.78 is 5.22. The average molecular weight is 129 g/mol. The Morgan fingerprint density at radius 1 is 1.38 bits per heavy atom. The van der Waals surface area contributed by atoms with Crippen LogP contribution < -0.4 is 0 Å². The van der Waals surface area contributed by atoms with Crippen LogP contribution in [0.4, 0.5) is 0 Å². The van der Waals surface area contributed by atoms with E-state index in [2.05, 4.69) is 12.7 Å². The van der Waals surface area contributed by atoms with E-state index in [4.69, 9.17) is 3.79 Å². The summed E-state index contributed by atoms with van der Waals surface area (Å²) in [5, 5.41) is 0. The van der Waals surface area contributed by atoms with Gasteiger partial charge >= 0.3 is 15.6 Å². The van der Waals surface area contributed by atoms with Crippen LogP contribution in [-0.2, 0) is 3.79 Å². The summed E-state index contributed by atoms with van der Waals surface area (Å²) in [5.74, 6) is 2.12. The lowest BCUT2D eigenvalue weighted by atomic mass is 10.3. The topological polar surface area (TPSA) is 9.23 Å². The van der Waals surface area contributed by atoms with E-state index in [0.29, 0.717) is 0 Å². The molecule has 0 unspecified atom stereocenters. The number of hydrogen-bond acceptors (Lipinski definition) is 1. The summed E-state index contributed by atoms with van der Waals surface area (Å²) in [6, 6.07) is 0. The van der Waals surface area contributed by atoms with Crippen LogP contribution in [-0.4, -0.2) is 22.2 Å². The van der Waals surface area contributed by atoms with Gasteiger partial charge in [-0.3, -0.25) is 0 Å². The molecule has 0 aliphatic heterocycles. The predicted octanol–water partition coefficient (Wildman–Crippen LogP) is 1.86. The second kappa shape index (κ2) is 7.49. The Morgan fingerprint density at radius 3 is 2.62 bits per heavy atom. The molecule has 0 aliphatic rings. The highest BCUT2D eigenvalue weighted by Gasteiger charge is 1.84. The quantitative estimate of drug-likeness (QED) is 0.406. The van der Waals surface area contributed by atoms with Gasteiger partial charge in [-0.2, -0.15) is 0 Å². The van der Waals surface area contributed by atoms with E-state index in [1.54, 1.807) is 0 Å². The van der Waals surface area contributed by atoms with Gasteiger partial charge in [0, 0.05) is 6.61 Å². The molecule has 0 aromatic rings. The first kappa shape index (κ1) is 8.49. The van der Waals surface area contributed by atoms with Crippen molar-refractivity contribution < 1.29 is 3.79 Å². The zero-order valence-corrected chi connectivity index (χ0v) is 6.97. The molecule has 47 valence electrons. The van der Waals surface area contributed by atoms with Gasteiger partial charge in [0.15, 0.2) is 0 Å². The Kier molecular flexibility index (Phi) is 7.95. The average Bonchev–Trinajstić information content (AvgIpc) is 1.81. The fourth-order valence-electron chi connectivity index (χ4n) is 0.553. The SMILES string of the molecule is CCCCC[O][Al][CH3]. The van der Waals surface area contributed by atoms with E-state index >= 15 is 0 Å². The van der Waals surface area contributed by atoms with E-state index in [0.717, 1.165) is 6.61 Å².